The molecule has 0 saturated heterocycles. The number of hydrogen-bond acceptors (Lipinski definition) is 0. The molecule has 0 atom stereocenters. The third-order valence-electron chi connectivity index (χ3n) is 3.70. The number of aromatic nitrogens is 1. The first kappa shape index (κ1) is 12.1. The Morgan fingerprint density at radius 3 is 2.29 bits per heavy atom. The van der Waals surface area contributed by atoms with Crippen LogP contribution in [0.5, 0.6) is 0 Å². The molecule has 0 saturated carbocycles. The molecule has 0 radical (unpaired) electrons. The summed E-state index contributed by atoms with van der Waals surface area (Å²) in [5.74, 6) is -1.15. The van der Waals surface area contributed by atoms with Crippen molar-refractivity contribution in [3.8, 4) is 11.3 Å². The quantitative estimate of drug-likeness (QED) is 0.489. The summed E-state index contributed by atoms with van der Waals surface area (Å²) in [6.07, 6.45) is 0. The van der Waals surface area contributed by atoms with Crippen LogP contribution in [-0.4, -0.2) is 4.98 Å². The molecule has 1 nitrogen and oxygen atoms in total. The highest BCUT2D eigenvalue weighted by atomic mass is 19.1. The van der Waals surface area contributed by atoms with Crippen LogP contribution in [0.1, 0.15) is 0 Å². The molecule has 0 aliphatic carbocycles. The molecule has 0 amide bonds. The van der Waals surface area contributed by atoms with E-state index in [0.29, 0.717) is 11.3 Å². The predicted octanol–water partition coefficient (Wildman–Crippen LogP) is 5.27. The summed E-state index contributed by atoms with van der Waals surface area (Å²) < 4.78 is 26.7. The fourth-order valence-corrected chi connectivity index (χ4v) is 2.75. The maximum atomic E-state index is 13.4. The lowest BCUT2D eigenvalue weighted by Gasteiger charge is -1.98. The van der Waals surface area contributed by atoms with Gasteiger partial charge < -0.3 is 4.98 Å². The molecule has 1 heterocycles. The van der Waals surface area contributed by atoms with Gasteiger partial charge in [-0.15, -0.1) is 0 Å². The van der Waals surface area contributed by atoms with Crippen molar-refractivity contribution >= 4 is 21.7 Å². The molecule has 0 aliphatic rings. The molecular weight excluding hydrogens is 268 g/mol. The highest BCUT2D eigenvalue weighted by Gasteiger charge is 2.08. The largest absolute Gasteiger partial charge is 0.355 e. The Balaban J connectivity index is 2.00. The topological polar surface area (TPSA) is 15.8 Å². The average molecular weight is 279 g/mol. The Labute approximate surface area is 119 Å². The summed E-state index contributed by atoms with van der Waals surface area (Å²) in [7, 11) is 0. The van der Waals surface area contributed by atoms with Crippen molar-refractivity contribution in [2.24, 2.45) is 0 Å². The van der Waals surface area contributed by atoms with Crippen LogP contribution >= 0.6 is 0 Å². The fraction of sp³-hybridized carbons (Fsp3) is 0. The first-order chi connectivity index (χ1) is 10.2. The highest BCUT2D eigenvalue weighted by Crippen LogP contribution is 2.30. The van der Waals surface area contributed by atoms with Crippen LogP contribution in [-0.2, 0) is 0 Å². The molecule has 0 fully saturated rings. The van der Waals surface area contributed by atoms with Gasteiger partial charge in [-0.1, -0.05) is 30.3 Å². The van der Waals surface area contributed by atoms with E-state index in [9.17, 15) is 8.78 Å². The summed E-state index contributed by atoms with van der Waals surface area (Å²) in [5, 5.41) is 3.31. The average Bonchev–Trinajstić information content (AvgIpc) is 2.91. The zero-order valence-corrected chi connectivity index (χ0v) is 11.0. The van der Waals surface area contributed by atoms with Crippen LogP contribution in [0.15, 0.2) is 60.7 Å². The van der Waals surface area contributed by atoms with E-state index in [1.165, 1.54) is 12.1 Å². The lowest BCUT2D eigenvalue weighted by molar-refractivity contribution is 0.584. The number of fused-ring (bicyclic) bond motifs is 3. The molecule has 0 bridgehead atoms. The maximum Gasteiger partial charge on any atom is 0.126 e. The van der Waals surface area contributed by atoms with Crippen molar-refractivity contribution in [3.05, 3.63) is 72.3 Å². The van der Waals surface area contributed by atoms with Gasteiger partial charge in [-0.3, -0.25) is 0 Å². The Kier molecular flexibility index (Phi) is 2.54. The third-order valence-corrected chi connectivity index (χ3v) is 3.70. The molecule has 4 aromatic rings. The zero-order chi connectivity index (χ0) is 14.4. The van der Waals surface area contributed by atoms with Crippen LogP contribution in [0.3, 0.4) is 0 Å². The number of hydrogen-bond donors (Lipinski definition) is 1. The molecule has 1 N–H and O–H groups in total. The second kappa shape index (κ2) is 4.42. The van der Waals surface area contributed by atoms with Crippen molar-refractivity contribution < 1.29 is 8.78 Å². The minimum Gasteiger partial charge on any atom is -0.355 e. The maximum absolute atomic E-state index is 13.4. The summed E-state index contributed by atoms with van der Waals surface area (Å²) >= 11 is 0. The molecule has 4 rings (SSSR count). The van der Waals surface area contributed by atoms with Gasteiger partial charge in [-0.05, 0) is 35.0 Å². The predicted molar refractivity (Wildman–Crippen MR) is 81.2 cm³/mol. The van der Waals surface area contributed by atoms with Gasteiger partial charge in [0.25, 0.3) is 0 Å². The normalized spacial score (nSPS) is 11.3. The van der Waals surface area contributed by atoms with E-state index < -0.39 is 11.6 Å². The fourth-order valence-electron chi connectivity index (χ4n) is 2.75. The molecule has 102 valence electrons. The first-order valence-electron chi connectivity index (χ1n) is 6.68. The van der Waals surface area contributed by atoms with Gasteiger partial charge >= 0.3 is 0 Å². The molecule has 0 spiro atoms. The standard InChI is InChI=1S/C18H11F2N/c19-13-7-12(8-14(20)9-13)18-10-16-15-4-2-1-3-11(15)5-6-17(16)21-18/h1-10,21H. The minimum absolute atomic E-state index is 0.507. The Bertz CT molecular complexity index is 949. The van der Waals surface area contributed by atoms with Crippen LogP contribution < -0.4 is 0 Å². The van der Waals surface area contributed by atoms with Crippen LogP contribution in [0, 0.1) is 11.6 Å². The minimum atomic E-state index is -0.575. The van der Waals surface area contributed by atoms with Gasteiger partial charge in [0.1, 0.15) is 11.6 Å². The Morgan fingerprint density at radius 1 is 0.714 bits per heavy atom. The van der Waals surface area contributed by atoms with Crippen molar-refractivity contribution in [2.75, 3.05) is 0 Å². The lowest BCUT2D eigenvalue weighted by Crippen LogP contribution is -1.83. The van der Waals surface area contributed by atoms with E-state index >= 15 is 0 Å². The third kappa shape index (κ3) is 1.98. The molecular formula is C18H11F2N. The van der Waals surface area contributed by atoms with E-state index in [0.717, 1.165) is 27.7 Å². The lowest BCUT2D eigenvalue weighted by atomic mass is 10.1. The molecule has 1 aromatic heterocycles. The van der Waals surface area contributed by atoms with Gasteiger partial charge in [0, 0.05) is 28.2 Å². The number of nitrogens with one attached hydrogen (secondary N) is 1. The molecule has 0 unspecified atom stereocenters. The zero-order valence-electron chi connectivity index (χ0n) is 11.0. The van der Waals surface area contributed by atoms with E-state index in [4.69, 9.17) is 0 Å². The molecule has 3 heteroatoms. The van der Waals surface area contributed by atoms with Gasteiger partial charge in [0.05, 0.1) is 0 Å². The number of halogens is 2. The number of aromatic amines is 1. The van der Waals surface area contributed by atoms with Crippen molar-refractivity contribution in [1.29, 1.82) is 0 Å². The Morgan fingerprint density at radius 2 is 1.48 bits per heavy atom. The van der Waals surface area contributed by atoms with Gasteiger partial charge in [-0.25, -0.2) is 8.78 Å². The summed E-state index contributed by atoms with van der Waals surface area (Å²) in [5.41, 5.74) is 2.17. The van der Waals surface area contributed by atoms with Crippen LogP contribution in [0.4, 0.5) is 8.78 Å². The van der Waals surface area contributed by atoms with E-state index in [1.54, 1.807) is 0 Å². The van der Waals surface area contributed by atoms with Crippen LogP contribution in [0.2, 0.25) is 0 Å². The summed E-state index contributed by atoms with van der Waals surface area (Å²) in [6, 6.07) is 17.5. The monoisotopic (exact) mass is 279 g/mol. The highest BCUT2D eigenvalue weighted by molar-refractivity contribution is 6.08. The SMILES string of the molecule is Fc1cc(F)cc(-c2cc3c(ccc4ccccc43)[nH]2)c1. The van der Waals surface area contributed by atoms with Gasteiger partial charge in [0.2, 0.25) is 0 Å². The molecule has 0 aliphatic heterocycles. The number of H-pyrrole nitrogens is 1. The van der Waals surface area contributed by atoms with Gasteiger partial charge in [-0.2, -0.15) is 0 Å². The van der Waals surface area contributed by atoms with Crippen molar-refractivity contribution in [2.45, 2.75) is 0 Å². The second-order valence-corrected chi connectivity index (χ2v) is 5.09. The summed E-state index contributed by atoms with van der Waals surface area (Å²) in [4.78, 5) is 3.23. The second-order valence-electron chi connectivity index (χ2n) is 5.09. The van der Waals surface area contributed by atoms with Crippen molar-refractivity contribution in [3.63, 3.8) is 0 Å². The van der Waals surface area contributed by atoms with E-state index in [-0.39, 0.29) is 0 Å². The summed E-state index contributed by atoms with van der Waals surface area (Å²) in [6.45, 7) is 0. The number of benzene rings is 3. The molecule has 3 aromatic carbocycles. The smallest absolute Gasteiger partial charge is 0.126 e. The van der Waals surface area contributed by atoms with E-state index in [1.807, 2.05) is 42.5 Å². The van der Waals surface area contributed by atoms with E-state index in [2.05, 4.69) is 4.98 Å². The van der Waals surface area contributed by atoms with Crippen molar-refractivity contribution in [1.82, 2.24) is 4.98 Å². The molecule has 21 heavy (non-hydrogen) atoms. The van der Waals surface area contributed by atoms with Crippen LogP contribution in [0.25, 0.3) is 32.9 Å². The van der Waals surface area contributed by atoms with Gasteiger partial charge in [0.15, 0.2) is 0 Å². The first-order valence-corrected chi connectivity index (χ1v) is 6.68. The number of rotatable bonds is 1. The Hall–Kier alpha value is -2.68.